The zero-order chi connectivity index (χ0) is 13.2. The number of aliphatic hydroxyl groups is 1. The monoisotopic (exact) mass is 273 g/mol. The predicted octanol–water partition coefficient (Wildman–Crippen LogP) is 2.61. The van der Waals surface area contributed by atoms with Crippen LogP contribution in [-0.4, -0.2) is 26.2 Å². The lowest BCUT2D eigenvalue weighted by Crippen LogP contribution is -2.04. The Hall–Kier alpha value is -1.91. The molecule has 0 saturated heterocycles. The molecule has 0 spiro atoms. The van der Waals surface area contributed by atoms with Crippen molar-refractivity contribution in [3.05, 3.63) is 53.4 Å². The van der Waals surface area contributed by atoms with Gasteiger partial charge in [0.1, 0.15) is 11.3 Å². The highest BCUT2D eigenvalue weighted by Crippen LogP contribution is 2.22. The first-order valence-electron chi connectivity index (χ1n) is 5.99. The summed E-state index contributed by atoms with van der Waals surface area (Å²) in [6, 6.07) is 11.3. The summed E-state index contributed by atoms with van der Waals surface area (Å²) in [5.41, 5.74) is 2.48. The average Bonchev–Trinajstić information content (AvgIpc) is 2.77. The molecule has 0 saturated carbocycles. The zero-order valence-corrected chi connectivity index (χ0v) is 10.9. The van der Waals surface area contributed by atoms with E-state index in [0.29, 0.717) is 11.4 Å². The number of imidazole rings is 1. The second-order valence-corrected chi connectivity index (χ2v) is 4.60. The Bertz CT molecular complexity index is 724. The molecule has 0 unspecified atom stereocenters. The lowest BCUT2D eigenvalue weighted by Gasteiger charge is -2.08. The smallest absolute Gasteiger partial charge is 0.164 e. The summed E-state index contributed by atoms with van der Waals surface area (Å²) in [4.78, 5) is 8.87. The average molecular weight is 274 g/mol. The fourth-order valence-electron chi connectivity index (χ4n) is 2.11. The Morgan fingerprint density at radius 2 is 2.11 bits per heavy atom. The molecule has 0 aliphatic rings. The van der Waals surface area contributed by atoms with Crippen LogP contribution in [0.2, 0.25) is 5.02 Å². The molecule has 0 radical (unpaired) electrons. The molecule has 0 atom stereocenters. The molecule has 3 aromatic rings. The molecule has 0 aliphatic heterocycles. The molecule has 3 rings (SSSR count). The van der Waals surface area contributed by atoms with Gasteiger partial charge in [-0.15, -0.1) is 0 Å². The number of hydrogen-bond acceptors (Lipinski definition) is 3. The molecule has 2 heterocycles. The van der Waals surface area contributed by atoms with Crippen LogP contribution < -0.4 is 0 Å². The van der Waals surface area contributed by atoms with E-state index < -0.39 is 0 Å². The number of aliphatic hydroxyl groups excluding tert-OH is 1. The SMILES string of the molecule is OCCc1nc2cccnc2n1-c1cccc(Cl)c1. The van der Waals surface area contributed by atoms with E-state index in [2.05, 4.69) is 9.97 Å². The number of benzene rings is 1. The van der Waals surface area contributed by atoms with Crippen molar-refractivity contribution in [3.63, 3.8) is 0 Å². The summed E-state index contributed by atoms with van der Waals surface area (Å²) in [7, 11) is 0. The van der Waals surface area contributed by atoms with Crippen LogP contribution in [0, 0.1) is 0 Å². The van der Waals surface area contributed by atoms with E-state index in [1.165, 1.54) is 0 Å². The van der Waals surface area contributed by atoms with Crippen molar-refractivity contribution in [2.24, 2.45) is 0 Å². The van der Waals surface area contributed by atoms with Gasteiger partial charge in [0.15, 0.2) is 5.65 Å². The molecule has 19 heavy (non-hydrogen) atoms. The molecule has 1 N–H and O–H groups in total. The van der Waals surface area contributed by atoms with Gasteiger partial charge in [0.05, 0.1) is 12.3 Å². The molecular formula is C14H12ClN3O. The lowest BCUT2D eigenvalue weighted by molar-refractivity contribution is 0.296. The first kappa shape index (κ1) is 12.1. The predicted molar refractivity (Wildman–Crippen MR) is 74.7 cm³/mol. The summed E-state index contributed by atoms with van der Waals surface area (Å²) in [5, 5.41) is 9.83. The molecule has 2 aromatic heterocycles. The van der Waals surface area contributed by atoms with Gasteiger partial charge in [-0.3, -0.25) is 4.57 Å². The third-order valence-corrected chi connectivity index (χ3v) is 3.12. The Labute approximate surface area is 115 Å². The minimum atomic E-state index is 0.0455. The molecule has 96 valence electrons. The molecule has 0 bridgehead atoms. The third kappa shape index (κ3) is 2.20. The summed E-state index contributed by atoms with van der Waals surface area (Å²) < 4.78 is 1.93. The lowest BCUT2D eigenvalue weighted by atomic mass is 10.3. The Kier molecular flexibility index (Phi) is 3.19. The van der Waals surface area contributed by atoms with Crippen molar-refractivity contribution >= 4 is 22.8 Å². The van der Waals surface area contributed by atoms with E-state index >= 15 is 0 Å². The van der Waals surface area contributed by atoms with Gasteiger partial charge in [-0.1, -0.05) is 17.7 Å². The van der Waals surface area contributed by atoms with Crippen LogP contribution >= 0.6 is 11.6 Å². The van der Waals surface area contributed by atoms with Crippen LogP contribution in [0.5, 0.6) is 0 Å². The van der Waals surface area contributed by atoms with Crippen LogP contribution in [0.25, 0.3) is 16.9 Å². The van der Waals surface area contributed by atoms with Crippen molar-refractivity contribution < 1.29 is 5.11 Å². The zero-order valence-electron chi connectivity index (χ0n) is 10.1. The summed E-state index contributed by atoms with van der Waals surface area (Å²) in [5.74, 6) is 0.776. The minimum absolute atomic E-state index is 0.0455. The Morgan fingerprint density at radius 1 is 1.21 bits per heavy atom. The fraction of sp³-hybridized carbons (Fsp3) is 0.143. The maximum absolute atomic E-state index is 9.17. The molecule has 1 aromatic carbocycles. The number of hydrogen-bond donors (Lipinski definition) is 1. The normalized spacial score (nSPS) is 11.1. The van der Waals surface area contributed by atoms with Gasteiger partial charge in [0.2, 0.25) is 0 Å². The van der Waals surface area contributed by atoms with Crippen molar-refractivity contribution in [3.8, 4) is 5.69 Å². The van der Waals surface area contributed by atoms with Gasteiger partial charge in [-0.05, 0) is 30.3 Å². The van der Waals surface area contributed by atoms with Crippen LogP contribution in [0.3, 0.4) is 0 Å². The molecular weight excluding hydrogens is 262 g/mol. The van der Waals surface area contributed by atoms with Crippen LogP contribution in [-0.2, 0) is 6.42 Å². The van der Waals surface area contributed by atoms with Gasteiger partial charge in [0.25, 0.3) is 0 Å². The standard InChI is InChI=1S/C14H12ClN3O/c15-10-3-1-4-11(9-10)18-13(6-8-19)17-12-5-2-7-16-14(12)18/h1-5,7,9,19H,6,8H2. The fourth-order valence-corrected chi connectivity index (χ4v) is 2.30. The van der Waals surface area contributed by atoms with E-state index in [1.807, 2.05) is 41.0 Å². The summed E-state index contributed by atoms with van der Waals surface area (Å²) >= 11 is 6.04. The molecule has 0 aliphatic carbocycles. The highest BCUT2D eigenvalue weighted by atomic mass is 35.5. The van der Waals surface area contributed by atoms with E-state index in [-0.39, 0.29) is 6.61 Å². The van der Waals surface area contributed by atoms with Crippen molar-refractivity contribution in [1.82, 2.24) is 14.5 Å². The van der Waals surface area contributed by atoms with E-state index in [1.54, 1.807) is 6.20 Å². The van der Waals surface area contributed by atoms with Crippen LogP contribution in [0.4, 0.5) is 0 Å². The maximum Gasteiger partial charge on any atom is 0.164 e. The Balaban J connectivity index is 2.28. The number of pyridine rings is 1. The minimum Gasteiger partial charge on any atom is -0.396 e. The van der Waals surface area contributed by atoms with Crippen molar-refractivity contribution in [2.75, 3.05) is 6.61 Å². The summed E-state index contributed by atoms with van der Waals surface area (Å²) in [6.07, 6.45) is 2.21. The highest BCUT2D eigenvalue weighted by Gasteiger charge is 2.12. The molecule has 0 amide bonds. The second-order valence-electron chi connectivity index (χ2n) is 4.16. The van der Waals surface area contributed by atoms with Gasteiger partial charge in [-0.25, -0.2) is 9.97 Å². The van der Waals surface area contributed by atoms with E-state index in [4.69, 9.17) is 11.6 Å². The highest BCUT2D eigenvalue weighted by molar-refractivity contribution is 6.30. The van der Waals surface area contributed by atoms with Gasteiger partial charge in [0, 0.05) is 17.6 Å². The maximum atomic E-state index is 9.17. The van der Waals surface area contributed by atoms with Crippen molar-refractivity contribution in [1.29, 1.82) is 0 Å². The number of aromatic nitrogens is 3. The third-order valence-electron chi connectivity index (χ3n) is 2.89. The number of rotatable bonds is 3. The largest absolute Gasteiger partial charge is 0.396 e. The van der Waals surface area contributed by atoms with Gasteiger partial charge < -0.3 is 5.11 Å². The first-order valence-corrected chi connectivity index (χ1v) is 6.36. The van der Waals surface area contributed by atoms with Gasteiger partial charge in [-0.2, -0.15) is 0 Å². The quantitative estimate of drug-likeness (QED) is 0.798. The van der Waals surface area contributed by atoms with E-state index in [0.717, 1.165) is 22.7 Å². The molecule has 0 fully saturated rings. The van der Waals surface area contributed by atoms with E-state index in [9.17, 15) is 5.11 Å². The molecule has 4 nitrogen and oxygen atoms in total. The number of nitrogens with zero attached hydrogens (tertiary/aromatic N) is 3. The number of halogens is 1. The topological polar surface area (TPSA) is 50.9 Å². The summed E-state index contributed by atoms with van der Waals surface area (Å²) in [6.45, 7) is 0.0455. The number of fused-ring (bicyclic) bond motifs is 1. The Morgan fingerprint density at radius 3 is 2.89 bits per heavy atom. The second kappa shape index (κ2) is 4.99. The van der Waals surface area contributed by atoms with Gasteiger partial charge >= 0.3 is 0 Å². The molecule has 5 heteroatoms. The van der Waals surface area contributed by atoms with Crippen LogP contribution in [0.15, 0.2) is 42.6 Å². The van der Waals surface area contributed by atoms with Crippen LogP contribution in [0.1, 0.15) is 5.82 Å². The van der Waals surface area contributed by atoms with Crippen molar-refractivity contribution in [2.45, 2.75) is 6.42 Å². The first-order chi connectivity index (χ1) is 9.29.